The molecule has 0 radical (unpaired) electrons. The molecule has 2 heterocycles. The maximum Gasteiger partial charge on any atom is 0.224 e. The number of carbonyl (C=O) groups is 1. The molecule has 1 aliphatic carbocycles. The summed E-state index contributed by atoms with van der Waals surface area (Å²) in [5.41, 5.74) is 4.42. The lowest BCUT2D eigenvalue weighted by Crippen LogP contribution is -2.28. The molecule has 3 aromatic rings. The van der Waals surface area contributed by atoms with Crippen molar-refractivity contribution in [2.45, 2.75) is 31.7 Å². The first-order valence-electron chi connectivity index (χ1n) is 9.60. The third-order valence-corrected chi connectivity index (χ3v) is 4.91. The van der Waals surface area contributed by atoms with E-state index in [1.807, 2.05) is 53.5 Å². The van der Waals surface area contributed by atoms with Gasteiger partial charge in [0.05, 0.1) is 25.8 Å². The molecule has 1 aliphatic rings. The van der Waals surface area contributed by atoms with E-state index in [-0.39, 0.29) is 5.91 Å². The lowest BCUT2D eigenvalue weighted by molar-refractivity contribution is -0.120. The van der Waals surface area contributed by atoms with E-state index in [0.29, 0.717) is 25.4 Å². The highest BCUT2D eigenvalue weighted by molar-refractivity contribution is 5.78. The SMILES string of the molecule is COc1cccc(CC(=O)NCCn2cc(-c3ccncc3)c(C3CC3)n2)c1. The number of nitrogens with one attached hydrogen (secondary N) is 1. The van der Waals surface area contributed by atoms with Crippen LogP contribution >= 0.6 is 0 Å². The Balaban J connectivity index is 1.35. The molecule has 28 heavy (non-hydrogen) atoms. The third kappa shape index (κ3) is 4.39. The first kappa shape index (κ1) is 18.2. The molecule has 4 rings (SSSR count). The molecule has 0 bridgehead atoms. The van der Waals surface area contributed by atoms with Gasteiger partial charge in [0.1, 0.15) is 5.75 Å². The summed E-state index contributed by atoms with van der Waals surface area (Å²) in [7, 11) is 1.62. The molecule has 6 heteroatoms. The van der Waals surface area contributed by atoms with Gasteiger partial charge in [-0.25, -0.2) is 0 Å². The summed E-state index contributed by atoms with van der Waals surface area (Å²) in [5.74, 6) is 1.32. The molecule has 6 nitrogen and oxygen atoms in total. The Bertz CT molecular complexity index is 948. The van der Waals surface area contributed by atoms with Crippen molar-refractivity contribution in [3.8, 4) is 16.9 Å². The fourth-order valence-electron chi connectivity index (χ4n) is 3.30. The van der Waals surface area contributed by atoms with Gasteiger partial charge in [-0.2, -0.15) is 5.10 Å². The van der Waals surface area contributed by atoms with E-state index >= 15 is 0 Å². The minimum Gasteiger partial charge on any atom is -0.497 e. The van der Waals surface area contributed by atoms with Gasteiger partial charge in [-0.3, -0.25) is 14.5 Å². The van der Waals surface area contributed by atoms with Crippen molar-refractivity contribution in [2.75, 3.05) is 13.7 Å². The summed E-state index contributed by atoms with van der Waals surface area (Å²) in [6.45, 7) is 1.19. The highest BCUT2D eigenvalue weighted by atomic mass is 16.5. The average Bonchev–Trinajstić information content (AvgIpc) is 3.48. The lowest BCUT2D eigenvalue weighted by Gasteiger charge is -2.07. The second-order valence-electron chi connectivity index (χ2n) is 7.08. The van der Waals surface area contributed by atoms with E-state index in [9.17, 15) is 4.79 Å². The van der Waals surface area contributed by atoms with Gasteiger partial charge >= 0.3 is 0 Å². The number of rotatable bonds is 8. The summed E-state index contributed by atoms with van der Waals surface area (Å²) >= 11 is 0. The summed E-state index contributed by atoms with van der Waals surface area (Å²) < 4.78 is 7.14. The number of aromatic nitrogens is 3. The molecule has 0 aliphatic heterocycles. The highest BCUT2D eigenvalue weighted by Gasteiger charge is 2.29. The lowest BCUT2D eigenvalue weighted by atomic mass is 10.1. The van der Waals surface area contributed by atoms with E-state index < -0.39 is 0 Å². The Labute approximate surface area is 164 Å². The van der Waals surface area contributed by atoms with Gasteiger partial charge in [0.2, 0.25) is 5.91 Å². The van der Waals surface area contributed by atoms with Crippen molar-refractivity contribution in [3.63, 3.8) is 0 Å². The molecule has 1 amide bonds. The summed E-state index contributed by atoms with van der Waals surface area (Å²) in [6, 6.07) is 11.6. The van der Waals surface area contributed by atoms with Crippen LogP contribution in [-0.4, -0.2) is 34.3 Å². The van der Waals surface area contributed by atoms with Gasteiger partial charge in [0.25, 0.3) is 0 Å². The molecule has 1 aromatic carbocycles. The Morgan fingerprint density at radius 3 is 2.82 bits per heavy atom. The van der Waals surface area contributed by atoms with Gasteiger partial charge < -0.3 is 10.1 Å². The zero-order valence-electron chi connectivity index (χ0n) is 16.0. The van der Waals surface area contributed by atoms with E-state index in [0.717, 1.165) is 22.6 Å². The Morgan fingerprint density at radius 1 is 1.25 bits per heavy atom. The molecule has 0 spiro atoms. The number of methoxy groups -OCH3 is 1. The van der Waals surface area contributed by atoms with Crippen LogP contribution in [0.3, 0.4) is 0 Å². The van der Waals surface area contributed by atoms with Crippen molar-refractivity contribution in [1.82, 2.24) is 20.1 Å². The fourth-order valence-corrected chi connectivity index (χ4v) is 3.30. The minimum absolute atomic E-state index is 0.00261. The van der Waals surface area contributed by atoms with E-state index in [1.165, 1.54) is 18.4 Å². The van der Waals surface area contributed by atoms with Gasteiger partial charge in [-0.1, -0.05) is 12.1 Å². The van der Waals surface area contributed by atoms with Crippen LogP contribution in [-0.2, 0) is 17.8 Å². The molecule has 1 fully saturated rings. The van der Waals surface area contributed by atoms with Crippen molar-refractivity contribution < 1.29 is 9.53 Å². The van der Waals surface area contributed by atoms with Crippen LogP contribution in [0.15, 0.2) is 55.0 Å². The van der Waals surface area contributed by atoms with Crippen molar-refractivity contribution in [1.29, 1.82) is 0 Å². The number of hydrogen-bond donors (Lipinski definition) is 1. The van der Waals surface area contributed by atoms with E-state index in [1.54, 1.807) is 7.11 Å². The van der Waals surface area contributed by atoms with Crippen LogP contribution in [0.2, 0.25) is 0 Å². The number of nitrogens with zero attached hydrogens (tertiary/aromatic N) is 3. The highest BCUT2D eigenvalue weighted by Crippen LogP contribution is 2.43. The van der Waals surface area contributed by atoms with Crippen LogP contribution in [0.25, 0.3) is 11.1 Å². The Hall–Kier alpha value is -3.15. The quantitative estimate of drug-likeness (QED) is 0.656. The molecular formula is C22H24N4O2. The first-order valence-corrected chi connectivity index (χ1v) is 9.60. The van der Waals surface area contributed by atoms with Crippen molar-refractivity contribution >= 4 is 5.91 Å². The average molecular weight is 376 g/mol. The van der Waals surface area contributed by atoms with Crippen molar-refractivity contribution in [2.24, 2.45) is 0 Å². The number of benzene rings is 1. The van der Waals surface area contributed by atoms with Crippen LogP contribution in [0, 0.1) is 0 Å². The number of amides is 1. The van der Waals surface area contributed by atoms with E-state index in [2.05, 4.69) is 16.5 Å². The summed E-state index contributed by atoms with van der Waals surface area (Å²) in [5, 5.41) is 7.76. The normalized spacial score (nSPS) is 13.3. The molecule has 0 atom stereocenters. The smallest absolute Gasteiger partial charge is 0.224 e. The number of carbonyl (C=O) groups excluding carboxylic acids is 1. The molecule has 0 saturated heterocycles. The number of ether oxygens (including phenoxy) is 1. The van der Waals surface area contributed by atoms with Crippen LogP contribution < -0.4 is 10.1 Å². The van der Waals surface area contributed by atoms with Crippen LogP contribution in [0.4, 0.5) is 0 Å². The van der Waals surface area contributed by atoms with Gasteiger partial charge in [-0.05, 0) is 48.2 Å². The van der Waals surface area contributed by atoms with Gasteiger partial charge in [0.15, 0.2) is 0 Å². The Morgan fingerprint density at radius 2 is 2.07 bits per heavy atom. The minimum atomic E-state index is -0.00261. The standard InChI is InChI=1S/C22H24N4O2/c1-28-19-4-2-3-16(13-19)14-21(27)24-11-12-26-15-20(17-7-9-23-10-8-17)22(25-26)18-5-6-18/h2-4,7-10,13,15,18H,5-6,11-12,14H2,1H3,(H,24,27). The maximum atomic E-state index is 12.2. The second-order valence-corrected chi connectivity index (χ2v) is 7.08. The zero-order chi connectivity index (χ0) is 19.3. The van der Waals surface area contributed by atoms with Crippen LogP contribution in [0.5, 0.6) is 5.75 Å². The molecule has 2 aromatic heterocycles. The first-order chi connectivity index (χ1) is 13.7. The molecule has 144 valence electrons. The molecule has 1 N–H and O–H groups in total. The number of pyridine rings is 1. The maximum absolute atomic E-state index is 12.2. The fraction of sp³-hybridized carbons (Fsp3) is 0.318. The third-order valence-electron chi connectivity index (χ3n) is 4.91. The number of hydrogen-bond acceptors (Lipinski definition) is 4. The van der Waals surface area contributed by atoms with Crippen molar-refractivity contribution in [3.05, 3.63) is 66.2 Å². The molecular weight excluding hydrogens is 352 g/mol. The molecule has 0 unspecified atom stereocenters. The predicted octanol–water partition coefficient (Wildman–Crippen LogP) is 3.19. The van der Waals surface area contributed by atoms with Gasteiger partial charge in [-0.15, -0.1) is 0 Å². The second kappa shape index (κ2) is 8.25. The van der Waals surface area contributed by atoms with Gasteiger partial charge in [0, 0.05) is 36.6 Å². The van der Waals surface area contributed by atoms with E-state index in [4.69, 9.17) is 9.84 Å². The zero-order valence-corrected chi connectivity index (χ0v) is 16.0. The topological polar surface area (TPSA) is 69.0 Å². The Kier molecular flexibility index (Phi) is 5.37. The molecule has 1 saturated carbocycles. The predicted molar refractivity (Wildman–Crippen MR) is 107 cm³/mol. The van der Waals surface area contributed by atoms with Crippen LogP contribution in [0.1, 0.15) is 30.0 Å². The monoisotopic (exact) mass is 376 g/mol. The summed E-state index contributed by atoms with van der Waals surface area (Å²) in [6.07, 6.45) is 8.44. The largest absolute Gasteiger partial charge is 0.497 e. The summed E-state index contributed by atoms with van der Waals surface area (Å²) in [4.78, 5) is 16.3.